The second-order valence-corrected chi connectivity index (χ2v) is 3.22. The molecule has 0 aliphatic rings. The van der Waals surface area contributed by atoms with Gasteiger partial charge in [-0.05, 0) is 11.6 Å². The summed E-state index contributed by atoms with van der Waals surface area (Å²) in [5.41, 5.74) is -0.0607. The van der Waals surface area contributed by atoms with Crippen molar-refractivity contribution in [3.8, 4) is 11.5 Å². The second-order valence-electron chi connectivity index (χ2n) is 2.81. The number of hydrogen-bond donors (Lipinski definition) is 3. The van der Waals surface area contributed by atoms with Crippen LogP contribution in [0, 0.1) is 0 Å². The highest BCUT2D eigenvalue weighted by Gasteiger charge is 2.23. The lowest BCUT2D eigenvalue weighted by atomic mass is 10.0. The zero-order valence-corrected chi connectivity index (χ0v) is 8.10. The van der Waals surface area contributed by atoms with Crippen molar-refractivity contribution < 1.29 is 24.9 Å². The van der Waals surface area contributed by atoms with Crippen molar-refractivity contribution in [3.05, 3.63) is 22.7 Å². The van der Waals surface area contributed by atoms with E-state index in [2.05, 4.69) is 0 Å². The van der Waals surface area contributed by atoms with Crippen LogP contribution in [0.1, 0.15) is 11.5 Å². The summed E-state index contributed by atoms with van der Waals surface area (Å²) < 4.78 is 0. The number of phenols is 2. The Bertz CT molecular complexity index is 415. The van der Waals surface area contributed by atoms with Crippen molar-refractivity contribution in [1.29, 1.82) is 0 Å². The van der Waals surface area contributed by atoms with Crippen LogP contribution in [-0.2, 0) is 9.59 Å². The quantitative estimate of drug-likeness (QED) is 0.411. The van der Waals surface area contributed by atoms with Crippen molar-refractivity contribution in [3.63, 3.8) is 0 Å². The molecule has 1 atom stereocenters. The number of carboxylic acids is 1. The Balaban J connectivity index is 3.30. The molecule has 0 heterocycles. The summed E-state index contributed by atoms with van der Waals surface area (Å²) in [5, 5.41) is 26.8. The summed E-state index contributed by atoms with van der Waals surface area (Å²) in [5.74, 6) is -3.83. The van der Waals surface area contributed by atoms with E-state index in [4.69, 9.17) is 26.9 Å². The largest absolute Gasteiger partial charge is 0.504 e. The average molecular weight is 231 g/mol. The SMILES string of the molecule is O=CC(C(=O)O)c1cc(O)c(O)cc1Cl. The van der Waals surface area contributed by atoms with Crippen LogP contribution in [0.15, 0.2) is 12.1 Å². The Hall–Kier alpha value is -1.75. The maximum Gasteiger partial charge on any atom is 0.318 e. The lowest BCUT2D eigenvalue weighted by Gasteiger charge is -2.09. The number of halogens is 1. The fourth-order valence-corrected chi connectivity index (χ4v) is 1.35. The molecule has 0 radical (unpaired) electrons. The first kappa shape index (κ1) is 11.3. The van der Waals surface area contributed by atoms with E-state index in [-0.39, 0.29) is 16.9 Å². The Morgan fingerprint density at radius 3 is 2.33 bits per heavy atom. The highest BCUT2D eigenvalue weighted by atomic mass is 35.5. The third-order valence-electron chi connectivity index (χ3n) is 1.83. The minimum absolute atomic E-state index is 0.0607. The van der Waals surface area contributed by atoms with Gasteiger partial charge in [0, 0.05) is 11.1 Å². The third kappa shape index (κ3) is 2.19. The van der Waals surface area contributed by atoms with Crippen molar-refractivity contribution in [2.75, 3.05) is 0 Å². The Labute approximate surface area is 89.5 Å². The number of benzene rings is 1. The van der Waals surface area contributed by atoms with Crippen LogP contribution in [0.3, 0.4) is 0 Å². The van der Waals surface area contributed by atoms with Gasteiger partial charge >= 0.3 is 5.97 Å². The van der Waals surface area contributed by atoms with Crippen LogP contribution in [0.2, 0.25) is 5.02 Å². The van der Waals surface area contributed by atoms with Gasteiger partial charge in [0.05, 0.1) is 0 Å². The number of aromatic hydroxyl groups is 2. The van der Waals surface area contributed by atoms with Gasteiger partial charge in [0.1, 0.15) is 12.2 Å². The molecule has 0 saturated carbocycles. The van der Waals surface area contributed by atoms with Crippen molar-refractivity contribution in [2.24, 2.45) is 0 Å². The van der Waals surface area contributed by atoms with Crippen molar-refractivity contribution in [2.45, 2.75) is 5.92 Å². The van der Waals surface area contributed by atoms with Crippen molar-refractivity contribution >= 4 is 23.9 Å². The molecule has 0 bridgehead atoms. The molecule has 0 aliphatic heterocycles. The highest BCUT2D eigenvalue weighted by Crippen LogP contribution is 2.34. The maximum absolute atomic E-state index is 10.6. The summed E-state index contributed by atoms with van der Waals surface area (Å²) in [6.07, 6.45) is 0.194. The number of hydrogen-bond acceptors (Lipinski definition) is 4. The lowest BCUT2D eigenvalue weighted by Crippen LogP contribution is -2.13. The Morgan fingerprint density at radius 1 is 1.33 bits per heavy atom. The molecule has 5 nitrogen and oxygen atoms in total. The molecule has 0 fully saturated rings. The van der Waals surface area contributed by atoms with E-state index in [1.807, 2.05) is 0 Å². The van der Waals surface area contributed by atoms with Crippen LogP contribution in [-0.4, -0.2) is 27.6 Å². The van der Waals surface area contributed by atoms with E-state index in [0.29, 0.717) is 0 Å². The van der Waals surface area contributed by atoms with Gasteiger partial charge in [0.15, 0.2) is 11.5 Å². The Morgan fingerprint density at radius 2 is 1.87 bits per heavy atom. The molecular formula is C9H7ClO5. The van der Waals surface area contributed by atoms with E-state index in [1.54, 1.807) is 0 Å². The van der Waals surface area contributed by atoms with Gasteiger partial charge in [-0.3, -0.25) is 4.79 Å². The van der Waals surface area contributed by atoms with Crippen LogP contribution >= 0.6 is 11.6 Å². The molecule has 3 N–H and O–H groups in total. The summed E-state index contributed by atoms with van der Waals surface area (Å²) in [6, 6.07) is 1.93. The monoisotopic (exact) mass is 230 g/mol. The third-order valence-corrected chi connectivity index (χ3v) is 2.16. The van der Waals surface area contributed by atoms with E-state index in [0.717, 1.165) is 12.1 Å². The van der Waals surface area contributed by atoms with Gasteiger partial charge in [-0.1, -0.05) is 11.6 Å². The molecule has 80 valence electrons. The normalized spacial score (nSPS) is 12.1. The predicted molar refractivity (Wildman–Crippen MR) is 51.2 cm³/mol. The van der Waals surface area contributed by atoms with Gasteiger partial charge in [0.25, 0.3) is 0 Å². The number of carbonyl (C=O) groups is 2. The van der Waals surface area contributed by atoms with Crippen LogP contribution < -0.4 is 0 Å². The zero-order valence-electron chi connectivity index (χ0n) is 7.35. The molecule has 1 rings (SSSR count). The topological polar surface area (TPSA) is 94.8 Å². The van der Waals surface area contributed by atoms with Gasteiger partial charge in [-0.15, -0.1) is 0 Å². The van der Waals surface area contributed by atoms with Crippen LogP contribution in [0.5, 0.6) is 11.5 Å². The molecule has 0 aromatic heterocycles. The fourth-order valence-electron chi connectivity index (χ4n) is 1.07. The molecule has 0 saturated heterocycles. The first-order valence-electron chi connectivity index (χ1n) is 3.87. The van der Waals surface area contributed by atoms with Crippen LogP contribution in [0.4, 0.5) is 0 Å². The summed E-state index contributed by atoms with van der Waals surface area (Å²) in [7, 11) is 0. The summed E-state index contributed by atoms with van der Waals surface area (Å²) in [4.78, 5) is 21.2. The molecule has 1 aromatic carbocycles. The molecular weight excluding hydrogens is 224 g/mol. The molecule has 1 unspecified atom stereocenters. The van der Waals surface area contributed by atoms with Crippen LogP contribution in [0.25, 0.3) is 0 Å². The minimum atomic E-state index is -1.45. The first-order valence-corrected chi connectivity index (χ1v) is 4.24. The maximum atomic E-state index is 10.6. The smallest absolute Gasteiger partial charge is 0.318 e. The standard InChI is InChI=1S/C9H7ClO5/c10-6-2-8(13)7(12)1-4(6)5(3-11)9(14)15/h1-3,5,12-13H,(H,14,15). The zero-order chi connectivity index (χ0) is 11.6. The van der Waals surface area contributed by atoms with E-state index < -0.39 is 23.4 Å². The first-order chi connectivity index (χ1) is 6.97. The van der Waals surface area contributed by atoms with E-state index >= 15 is 0 Å². The molecule has 0 spiro atoms. The fraction of sp³-hybridized carbons (Fsp3) is 0.111. The number of carboxylic acid groups (broad SMARTS) is 1. The molecule has 0 aliphatic carbocycles. The number of phenolic OH excluding ortho intramolecular Hbond substituents is 2. The summed E-state index contributed by atoms with van der Waals surface area (Å²) in [6.45, 7) is 0. The van der Waals surface area contributed by atoms with Gasteiger partial charge in [-0.2, -0.15) is 0 Å². The number of aldehydes is 1. The summed E-state index contributed by atoms with van der Waals surface area (Å²) >= 11 is 5.63. The Kier molecular flexibility index (Phi) is 3.16. The minimum Gasteiger partial charge on any atom is -0.504 e. The number of rotatable bonds is 3. The van der Waals surface area contributed by atoms with E-state index in [9.17, 15) is 9.59 Å². The molecule has 6 heteroatoms. The number of carbonyl (C=O) groups excluding carboxylic acids is 1. The average Bonchev–Trinajstić information content (AvgIpc) is 2.14. The van der Waals surface area contributed by atoms with Gasteiger partial charge < -0.3 is 20.1 Å². The second kappa shape index (κ2) is 4.18. The molecule has 1 aromatic rings. The predicted octanol–water partition coefficient (Wildman–Crippen LogP) is 1.12. The number of aliphatic carboxylic acids is 1. The van der Waals surface area contributed by atoms with Gasteiger partial charge in [-0.25, -0.2) is 0 Å². The lowest BCUT2D eigenvalue weighted by molar-refractivity contribution is -0.140. The molecule has 0 amide bonds. The van der Waals surface area contributed by atoms with E-state index in [1.165, 1.54) is 0 Å². The van der Waals surface area contributed by atoms with Crippen molar-refractivity contribution in [1.82, 2.24) is 0 Å². The van der Waals surface area contributed by atoms with Gasteiger partial charge in [0.2, 0.25) is 0 Å². The highest BCUT2D eigenvalue weighted by molar-refractivity contribution is 6.32. The molecule has 15 heavy (non-hydrogen) atoms.